The van der Waals surface area contributed by atoms with Crippen LogP contribution in [0.15, 0.2) is 47.4 Å². The third kappa shape index (κ3) is 3.58. The van der Waals surface area contributed by atoms with Crippen molar-refractivity contribution in [1.29, 1.82) is 5.26 Å². The first-order chi connectivity index (χ1) is 9.94. The first-order valence-corrected chi connectivity index (χ1v) is 7.73. The highest BCUT2D eigenvalue weighted by atomic mass is 35.5. The summed E-state index contributed by atoms with van der Waals surface area (Å²) in [6.45, 7) is -0.00965. The van der Waals surface area contributed by atoms with E-state index in [0.717, 1.165) is 6.07 Å². The lowest BCUT2D eigenvalue weighted by molar-refractivity contribution is 0.576. The Morgan fingerprint density at radius 2 is 1.95 bits per heavy atom. The molecule has 0 aliphatic heterocycles. The Labute approximate surface area is 126 Å². The summed E-state index contributed by atoms with van der Waals surface area (Å²) in [6, 6.07) is 11.7. The molecule has 0 saturated carbocycles. The second-order valence-corrected chi connectivity index (χ2v) is 6.35. The van der Waals surface area contributed by atoms with E-state index in [1.165, 1.54) is 12.1 Å². The quantitative estimate of drug-likeness (QED) is 0.940. The molecule has 2 aromatic carbocycles. The summed E-state index contributed by atoms with van der Waals surface area (Å²) in [6.07, 6.45) is 0. The fourth-order valence-corrected chi connectivity index (χ4v) is 3.13. The summed E-state index contributed by atoms with van der Waals surface area (Å²) >= 11 is 5.81. The lowest BCUT2D eigenvalue weighted by Crippen LogP contribution is -2.24. The van der Waals surface area contributed by atoms with Crippen molar-refractivity contribution in [2.75, 3.05) is 0 Å². The van der Waals surface area contributed by atoms with Gasteiger partial charge in [-0.1, -0.05) is 29.8 Å². The third-order valence-electron chi connectivity index (χ3n) is 2.73. The average Bonchev–Trinajstić information content (AvgIpc) is 2.45. The number of nitriles is 1. The van der Waals surface area contributed by atoms with Gasteiger partial charge in [0, 0.05) is 11.6 Å². The van der Waals surface area contributed by atoms with E-state index in [2.05, 4.69) is 4.72 Å². The monoisotopic (exact) mass is 324 g/mol. The van der Waals surface area contributed by atoms with E-state index in [1.807, 2.05) is 0 Å². The van der Waals surface area contributed by atoms with Gasteiger partial charge in [0.2, 0.25) is 10.0 Å². The zero-order chi connectivity index (χ0) is 15.5. The number of nitrogens with one attached hydrogen (secondary N) is 1. The summed E-state index contributed by atoms with van der Waals surface area (Å²) in [4.78, 5) is -0.382. The molecular formula is C14H10ClFN2O2S. The molecule has 0 amide bonds. The minimum Gasteiger partial charge on any atom is -0.207 e. The third-order valence-corrected chi connectivity index (χ3v) is 4.41. The molecule has 0 aliphatic carbocycles. The summed E-state index contributed by atoms with van der Waals surface area (Å²) in [5, 5.41) is 9.37. The maximum absolute atomic E-state index is 13.5. The number of hydrogen-bond donors (Lipinski definition) is 1. The van der Waals surface area contributed by atoms with Crippen molar-refractivity contribution in [3.05, 3.63) is 64.4 Å². The van der Waals surface area contributed by atoms with E-state index in [0.29, 0.717) is 10.6 Å². The zero-order valence-electron chi connectivity index (χ0n) is 10.7. The second-order valence-electron chi connectivity index (χ2n) is 4.18. The Hall–Kier alpha value is -1.94. The van der Waals surface area contributed by atoms with Crippen molar-refractivity contribution >= 4 is 21.6 Å². The Balaban J connectivity index is 2.28. The Morgan fingerprint density at radius 3 is 2.62 bits per heavy atom. The highest BCUT2D eigenvalue weighted by molar-refractivity contribution is 7.89. The molecule has 4 nitrogen and oxygen atoms in total. The van der Waals surface area contributed by atoms with Crippen LogP contribution in [0.4, 0.5) is 4.39 Å². The summed E-state index contributed by atoms with van der Waals surface area (Å²) in [7, 11) is -3.99. The van der Waals surface area contributed by atoms with Crippen molar-refractivity contribution < 1.29 is 12.8 Å². The van der Waals surface area contributed by atoms with Gasteiger partial charge in [0.1, 0.15) is 22.3 Å². The van der Waals surface area contributed by atoms with Crippen LogP contribution in [0.3, 0.4) is 0 Å². The molecule has 0 spiro atoms. The topological polar surface area (TPSA) is 70.0 Å². The summed E-state index contributed by atoms with van der Waals surface area (Å²) in [5.41, 5.74) is 0.150. The number of halogens is 2. The SMILES string of the molecule is N#Cc1c(F)cccc1S(=O)(=O)NCc1cccc(Cl)c1. The molecule has 0 fully saturated rings. The van der Waals surface area contributed by atoms with E-state index in [-0.39, 0.29) is 11.4 Å². The molecular weight excluding hydrogens is 315 g/mol. The molecule has 0 aliphatic rings. The van der Waals surface area contributed by atoms with Crippen LogP contribution in [0, 0.1) is 17.1 Å². The van der Waals surface area contributed by atoms with Crippen molar-refractivity contribution in [2.45, 2.75) is 11.4 Å². The minimum absolute atomic E-state index is 0.00965. The highest BCUT2D eigenvalue weighted by Crippen LogP contribution is 2.18. The van der Waals surface area contributed by atoms with Gasteiger partial charge in [-0.25, -0.2) is 17.5 Å². The molecule has 0 bridgehead atoms. The standard InChI is InChI=1S/C14H10ClFN2O2S/c15-11-4-1-3-10(7-11)9-18-21(19,20)14-6-2-5-13(16)12(14)8-17/h1-7,18H,9H2. The molecule has 108 valence electrons. The van der Waals surface area contributed by atoms with E-state index < -0.39 is 21.4 Å². The molecule has 0 saturated heterocycles. The molecule has 0 heterocycles. The van der Waals surface area contributed by atoms with E-state index in [4.69, 9.17) is 16.9 Å². The molecule has 0 unspecified atom stereocenters. The van der Waals surface area contributed by atoms with Crippen LogP contribution in [0.1, 0.15) is 11.1 Å². The fourth-order valence-electron chi connectivity index (χ4n) is 1.74. The number of nitrogens with zero attached hydrogens (tertiary/aromatic N) is 1. The molecule has 7 heteroatoms. The van der Waals surface area contributed by atoms with E-state index >= 15 is 0 Å². The molecule has 0 atom stereocenters. The van der Waals surface area contributed by atoms with Crippen molar-refractivity contribution in [2.24, 2.45) is 0 Å². The molecule has 1 N–H and O–H groups in total. The Morgan fingerprint density at radius 1 is 1.24 bits per heavy atom. The van der Waals surface area contributed by atoms with Gasteiger partial charge < -0.3 is 0 Å². The Bertz CT molecular complexity index is 816. The molecule has 2 aromatic rings. The van der Waals surface area contributed by atoms with Crippen LogP contribution in [0.25, 0.3) is 0 Å². The van der Waals surface area contributed by atoms with Gasteiger partial charge in [0.05, 0.1) is 0 Å². The predicted octanol–water partition coefficient (Wildman–Crippen LogP) is 2.83. The average molecular weight is 325 g/mol. The van der Waals surface area contributed by atoms with Crippen LogP contribution in [0.2, 0.25) is 5.02 Å². The first-order valence-electron chi connectivity index (χ1n) is 5.87. The van der Waals surface area contributed by atoms with Crippen LogP contribution >= 0.6 is 11.6 Å². The zero-order valence-corrected chi connectivity index (χ0v) is 12.2. The van der Waals surface area contributed by atoms with E-state index in [9.17, 15) is 12.8 Å². The van der Waals surface area contributed by atoms with Crippen molar-refractivity contribution in [1.82, 2.24) is 4.72 Å². The van der Waals surface area contributed by atoms with Gasteiger partial charge in [-0.05, 0) is 29.8 Å². The number of benzene rings is 2. The van der Waals surface area contributed by atoms with Crippen molar-refractivity contribution in [3.8, 4) is 6.07 Å². The maximum Gasteiger partial charge on any atom is 0.242 e. The molecule has 0 aromatic heterocycles. The highest BCUT2D eigenvalue weighted by Gasteiger charge is 2.20. The molecule has 0 radical (unpaired) electrons. The van der Waals surface area contributed by atoms with Gasteiger partial charge in [0.25, 0.3) is 0 Å². The number of rotatable bonds is 4. The van der Waals surface area contributed by atoms with E-state index in [1.54, 1.807) is 30.3 Å². The predicted molar refractivity (Wildman–Crippen MR) is 76.6 cm³/mol. The summed E-state index contributed by atoms with van der Waals surface area (Å²) < 4.78 is 40.1. The number of hydrogen-bond acceptors (Lipinski definition) is 3. The largest absolute Gasteiger partial charge is 0.242 e. The van der Waals surface area contributed by atoms with Crippen LogP contribution in [-0.4, -0.2) is 8.42 Å². The Kier molecular flexibility index (Phi) is 4.58. The molecule has 21 heavy (non-hydrogen) atoms. The number of sulfonamides is 1. The second kappa shape index (κ2) is 6.22. The maximum atomic E-state index is 13.5. The minimum atomic E-state index is -3.99. The van der Waals surface area contributed by atoms with Gasteiger partial charge in [-0.15, -0.1) is 0 Å². The van der Waals surface area contributed by atoms with Crippen LogP contribution in [-0.2, 0) is 16.6 Å². The smallest absolute Gasteiger partial charge is 0.207 e. The van der Waals surface area contributed by atoms with Crippen LogP contribution in [0.5, 0.6) is 0 Å². The molecule has 2 rings (SSSR count). The van der Waals surface area contributed by atoms with Gasteiger partial charge in [0.15, 0.2) is 0 Å². The lowest BCUT2D eigenvalue weighted by Gasteiger charge is -2.09. The van der Waals surface area contributed by atoms with Crippen LogP contribution < -0.4 is 4.72 Å². The van der Waals surface area contributed by atoms with Gasteiger partial charge >= 0.3 is 0 Å². The summed E-state index contributed by atoms with van der Waals surface area (Å²) in [5.74, 6) is -0.872. The fraction of sp³-hybridized carbons (Fsp3) is 0.0714. The van der Waals surface area contributed by atoms with Gasteiger partial charge in [-0.3, -0.25) is 0 Å². The first kappa shape index (κ1) is 15.4. The normalized spacial score (nSPS) is 11.1. The van der Waals surface area contributed by atoms with Gasteiger partial charge in [-0.2, -0.15) is 5.26 Å². The van der Waals surface area contributed by atoms with Crippen molar-refractivity contribution in [3.63, 3.8) is 0 Å². The lowest BCUT2D eigenvalue weighted by atomic mass is 10.2.